The van der Waals surface area contributed by atoms with Gasteiger partial charge in [0.2, 0.25) is 5.91 Å². The smallest absolute Gasteiger partial charge is 0.234 e. The van der Waals surface area contributed by atoms with E-state index in [2.05, 4.69) is 9.98 Å². The number of nitrogens with two attached hydrogens (primary N) is 1. The molecule has 0 bridgehead atoms. The highest BCUT2D eigenvalue weighted by atomic mass is 32.1. The van der Waals surface area contributed by atoms with Gasteiger partial charge >= 0.3 is 0 Å². The minimum Gasteiger partial charge on any atom is -0.369 e. The van der Waals surface area contributed by atoms with Crippen LogP contribution in [0.3, 0.4) is 0 Å². The van der Waals surface area contributed by atoms with Crippen molar-refractivity contribution in [3.63, 3.8) is 0 Å². The Labute approximate surface area is 85.2 Å². The number of amides is 1. The minimum atomic E-state index is -0.782. The van der Waals surface area contributed by atoms with Gasteiger partial charge in [0.25, 0.3) is 0 Å². The normalized spacial score (nSPS) is 25.1. The monoisotopic (exact) mass is 207 g/mol. The molecule has 0 aromatic carbocycles. The second kappa shape index (κ2) is 3.34. The van der Waals surface area contributed by atoms with Crippen molar-refractivity contribution in [1.29, 1.82) is 0 Å². The van der Waals surface area contributed by atoms with Gasteiger partial charge in [0.15, 0.2) is 0 Å². The van der Waals surface area contributed by atoms with Crippen molar-refractivity contribution < 1.29 is 4.79 Å². The molecule has 0 radical (unpaired) electrons. The molecule has 2 N–H and O–H groups in total. The number of hydrogen-bond donors (Lipinski definition) is 1. The highest BCUT2D eigenvalue weighted by Crippen LogP contribution is 2.32. The summed E-state index contributed by atoms with van der Waals surface area (Å²) in [5.41, 5.74) is 4.63. The fraction of sp³-hybridized carbons (Fsp3) is 0.222. The van der Waals surface area contributed by atoms with E-state index in [1.807, 2.05) is 5.38 Å². The van der Waals surface area contributed by atoms with Crippen molar-refractivity contribution in [1.82, 2.24) is 4.98 Å². The number of primary amides is 1. The van der Waals surface area contributed by atoms with Crippen LogP contribution >= 0.6 is 11.3 Å². The Morgan fingerprint density at radius 1 is 1.64 bits per heavy atom. The Bertz CT molecular complexity index is 396. The minimum absolute atomic E-state index is 0.380. The van der Waals surface area contributed by atoms with E-state index in [9.17, 15) is 4.79 Å². The molecule has 1 atom stereocenters. The van der Waals surface area contributed by atoms with E-state index in [-0.39, 0.29) is 5.91 Å². The van der Waals surface area contributed by atoms with E-state index in [0.717, 1.165) is 5.01 Å². The van der Waals surface area contributed by atoms with E-state index < -0.39 is 5.41 Å². The van der Waals surface area contributed by atoms with Crippen molar-refractivity contribution in [3.8, 4) is 0 Å². The molecule has 4 nitrogen and oxygen atoms in total. The van der Waals surface area contributed by atoms with Crippen LogP contribution in [0.1, 0.15) is 11.4 Å². The quantitative estimate of drug-likeness (QED) is 0.781. The van der Waals surface area contributed by atoms with Crippen LogP contribution in [-0.2, 0) is 10.2 Å². The Balaban J connectivity index is 2.47. The summed E-state index contributed by atoms with van der Waals surface area (Å²) in [6, 6.07) is 0. The first-order valence-electron chi connectivity index (χ1n) is 4.15. The first kappa shape index (κ1) is 9.08. The molecule has 5 heteroatoms. The Morgan fingerprint density at radius 2 is 2.50 bits per heavy atom. The molecule has 1 amide bonds. The molecule has 0 spiro atoms. The van der Waals surface area contributed by atoms with Gasteiger partial charge in [-0.3, -0.25) is 9.79 Å². The van der Waals surface area contributed by atoms with Crippen molar-refractivity contribution in [2.75, 3.05) is 0 Å². The predicted molar refractivity (Wildman–Crippen MR) is 55.2 cm³/mol. The molecule has 72 valence electrons. The summed E-state index contributed by atoms with van der Waals surface area (Å²) in [6.45, 7) is 0. The largest absolute Gasteiger partial charge is 0.369 e. The molecule has 2 heterocycles. The molecule has 1 aliphatic rings. The maximum absolute atomic E-state index is 11.5. The van der Waals surface area contributed by atoms with E-state index in [1.54, 1.807) is 24.7 Å². The number of rotatable bonds is 2. The summed E-state index contributed by atoms with van der Waals surface area (Å²) in [5, 5.41) is 2.56. The van der Waals surface area contributed by atoms with Crippen molar-refractivity contribution in [2.45, 2.75) is 11.8 Å². The summed E-state index contributed by atoms with van der Waals surface area (Å²) in [5.74, 6) is -0.380. The average molecular weight is 207 g/mol. The molecular formula is C9H9N3OS. The van der Waals surface area contributed by atoms with Crippen LogP contribution in [-0.4, -0.2) is 17.1 Å². The van der Waals surface area contributed by atoms with Crippen LogP contribution in [0.15, 0.2) is 28.8 Å². The molecule has 0 aliphatic carbocycles. The molecular weight excluding hydrogens is 198 g/mol. The van der Waals surface area contributed by atoms with E-state index in [1.165, 1.54) is 11.3 Å². The highest BCUT2D eigenvalue weighted by Gasteiger charge is 2.38. The van der Waals surface area contributed by atoms with Crippen LogP contribution in [0.5, 0.6) is 0 Å². The average Bonchev–Trinajstić information content (AvgIpc) is 2.72. The molecule has 0 saturated carbocycles. The second-order valence-electron chi connectivity index (χ2n) is 3.02. The van der Waals surface area contributed by atoms with Gasteiger partial charge in [-0.1, -0.05) is 0 Å². The fourth-order valence-corrected chi connectivity index (χ4v) is 2.22. The van der Waals surface area contributed by atoms with Crippen molar-refractivity contribution >= 4 is 23.5 Å². The van der Waals surface area contributed by atoms with Gasteiger partial charge < -0.3 is 5.73 Å². The van der Waals surface area contributed by atoms with E-state index in [0.29, 0.717) is 6.42 Å². The SMILES string of the molecule is NC(=O)C1(c2nccs2)C=CN=CC1. The van der Waals surface area contributed by atoms with Gasteiger partial charge in [-0.05, 0) is 6.08 Å². The maximum atomic E-state index is 11.5. The standard InChI is InChI=1S/C9H9N3OS/c10-7(13)9(1-3-11-4-2-9)8-12-5-6-14-8/h1,3-6H,2H2,(H2,10,13). The number of hydrogen-bond acceptors (Lipinski definition) is 4. The lowest BCUT2D eigenvalue weighted by atomic mass is 9.83. The van der Waals surface area contributed by atoms with E-state index >= 15 is 0 Å². The lowest BCUT2D eigenvalue weighted by Gasteiger charge is -2.24. The Morgan fingerprint density at radius 3 is 3.00 bits per heavy atom. The van der Waals surface area contributed by atoms with Gasteiger partial charge in [-0.25, -0.2) is 4.98 Å². The van der Waals surface area contributed by atoms with Crippen LogP contribution in [0.4, 0.5) is 0 Å². The molecule has 1 unspecified atom stereocenters. The van der Waals surface area contributed by atoms with Gasteiger partial charge in [-0.15, -0.1) is 11.3 Å². The van der Waals surface area contributed by atoms with Crippen LogP contribution in [0, 0.1) is 0 Å². The van der Waals surface area contributed by atoms with Crippen LogP contribution in [0.25, 0.3) is 0 Å². The molecule has 14 heavy (non-hydrogen) atoms. The number of aromatic nitrogens is 1. The van der Waals surface area contributed by atoms with Gasteiger partial charge in [-0.2, -0.15) is 0 Å². The van der Waals surface area contributed by atoms with E-state index in [4.69, 9.17) is 5.73 Å². The zero-order valence-electron chi connectivity index (χ0n) is 7.38. The number of nitrogens with zero attached hydrogens (tertiary/aromatic N) is 2. The summed E-state index contributed by atoms with van der Waals surface area (Å²) >= 11 is 1.43. The van der Waals surface area contributed by atoms with Crippen molar-refractivity contribution in [3.05, 3.63) is 28.9 Å². The van der Waals surface area contributed by atoms with Gasteiger partial charge in [0.05, 0.1) is 0 Å². The third-order valence-corrected chi connectivity index (χ3v) is 3.17. The third kappa shape index (κ3) is 1.26. The molecule has 1 aliphatic heterocycles. The van der Waals surface area contributed by atoms with Crippen LogP contribution in [0.2, 0.25) is 0 Å². The third-order valence-electron chi connectivity index (χ3n) is 2.22. The topological polar surface area (TPSA) is 68.3 Å². The van der Waals surface area contributed by atoms with Gasteiger partial charge in [0.1, 0.15) is 10.4 Å². The lowest BCUT2D eigenvalue weighted by molar-refractivity contribution is -0.121. The summed E-state index contributed by atoms with van der Waals surface area (Å²) in [6.07, 6.45) is 7.16. The predicted octanol–water partition coefficient (Wildman–Crippen LogP) is 0.854. The molecule has 1 aromatic heterocycles. The number of carbonyl (C=O) groups excluding carboxylic acids is 1. The van der Waals surface area contributed by atoms with Crippen LogP contribution < -0.4 is 5.73 Å². The van der Waals surface area contributed by atoms with Crippen molar-refractivity contribution in [2.24, 2.45) is 10.7 Å². The lowest BCUT2D eigenvalue weighted by Crippen LogP contribution is -2.40. The molecule has 1 aromatic rings. The number of thiazole rings is 1. The second-order valence-corrected chi connectivity index (χ2v) is 3.92. The fourth-order valence-electron chi connectivity index (χ4n) is 1.39. The van der Waals surface area contributed by atoms with Gasteiger partial charge in [0, 0.05) is 30.4 Å². The first-order valence-corrected chi connectivity index (χ1v) is 5.03. The summed E-state index contributed by atoms with van der Waals surface area (Å²) < 4.78 is 0. The molecule has 2 rings (SSSR count). The first-order chi connectivity index (χ1) is 6.76. The maximum Gasteiger partial charge on any atom is 0.234 e. The Kier molecular flexibility index (Phi) is 2.17. The Hall–Kier alpha value is -1.49. The summed E-state index contributed by atoms with van der Waals surface area (Å²) in [7, 11) is 0. The zero-order chi connectivity index (χ0) is 10.0. The number of aliphatic imine (C=N–C) groups is 1. The highest BCUT2D eigenvalue weighted by molar-refractivity contribution is 7.09. The zero-order valence-corrected chi connectivity index (χ0v) is 8.20. The molecule has 0 fully saturated rings. The number of carbonyl (C=O) groups is 1. The summed E-state index contributed by atoms with van der Waals surface area (Å²) in [4.78, 5) is 19.5. The molecule has 0 saturated heterocycles.